The third kappa shape index (κ3) is 3.80. The van der Waals surface area contributed by atoms with E-state index in [-0.39, 0.29) is 0 Å². The predicted molar refractivity (Wildman–Crippen MR) is 86.7 cm³/mol. The smallest absolute Gasteiger partial charge is 0.344 e. The summed E-state index contributed by atoms with van der Waals surface area (Å²) in [6, 6.07) is 6.61. The molecule has 0 amide bonds. The van der Waals surface area contributed by atoms with Crippen LogP contribution in [0.25, 0.3) is 11.1 Å². The molecule has 2 aromatic rings. The van der Waals surface area contributed by atoms with Crippen molar-refractivity contribution < 1.29 is 19.8 Å². The molecule has 1 aromatic carbocycles. The molecule has 1 heterocycles. The summed E-state index contributed by atoms with van der Waals surface area (Å²) < 4.78 is 0. The summed E-state index contributed by atoms with van der Waals surface area (Å²) in [5.74, 6) is -3.11. The van der Waals surface area contributed by atoms with Crippen LogP contribution < -0.4 is 5.32 Å². The van der Waals surface area contributed by atoms with Gasteiger partial charge in [-0.1, -0.05) is 35.3 Å². The number of carboxylic acids is 2. The Hall–Kier alpha value is -2.57. The van der Waals surface area contributed by atoms with Gasteiger partial charge in [0.2, 0.25) is 0 Å². The second-order valence-corrected chi connectivity index (χ2v) is 5.12. The highest BCUT2D eigenvalue weighted by molar-refractivity contribution is 6.43. The van der Waals surface area contributed by atoms with Crippen molar-refractivity contribution in [3.05, 3.63) is 58.5 Å². The summed E-state index contributed by atoms with van der Waals surface area (Å²) in [7, 11) is 0. The normalized spacial score (nSPS) is 10.0. The number of anilines is 1. The van der Waals surface area contributed by atoms with Crippen LogP contribution in [0, 0.1) is 0 Å². The fraction of sp³-hybridized carbons (Fsp3) is 0. The quantitative estimate of drug-likeness (QED) is 0.432. The number of pyridine rings is 1. The maximum atomic E-state index is 10.9. The van der Waals surface area contributed by atoms with Crippen LogP contribution in [-0.2, 0) is 9.59 Å². The van der Waals surface area contributed by atoms with Crippen LogP contribution in [0.5, 0.6) is 0 Å². The van der Waals surface area contributed by atoms with E-state index >= 15 is 0 Å². The van der Waals surface area contributed by atoms with E-state index in [0.717, 1.165) is 6.20 Å². The second kappa shape index (κ2) is 7.13. The van der Waals surface area contributed by atoms with Crippen LogP contribution >= 0.6 is 23.2 Å². The van der Waals surface area contributed by atoms with Crippen LogP contribution in [0.15, 0.2) is 48.4 Å². The van der Waals surface area contributed by atoms with Crippen LogP contribution in [0.4, 0.5) is 5.69 Å². The molecule has 0 unspecified atom stereocenters. The van der Waals surface area contributed by atoms with Gasteiger partial charge in [0.05, 0.1) is 10.0 Å². The van der Waals surface area contributed by atoms with Crippen molar-refractivity contribution in [3.63, 3.8) is 0 Å². The van der Waals surface area contributed by atoms with Gasteiger partial charge in [0.1, 0.15) is 0 Å². The molecule has 0 aliphatic heterocycles. The molecule has 0 aliphatic carbocycles. The number of nitrogens with zero attached hydrogens (tertiary/aromatic N) is 1. The average molecular weight is 353 g/mol. The largest absolute Gasteiger partial charge is 0.477 e. The van der Waals surface area contributed by atoms with Gasteiger partial charge in [-0.25, -0.2) is 9.59 Å². The number of hydrogen-bond acceptors (Lipinski definition) is 4. The van der Waals surface area contributed by atoms with Crippen molar-refractivity contribution in [3.8, 4) is 11.1 Å². The number of carbonyl (C=O) groups is 2. The van der Waals surface area contributed by atoms with Crippen molar-refractivity contribution in [2.24, 2.45) is 0 Å². The van der Waals surface area contributed by atoms with Crippen molar-refractivity contribution >= 4 is 40.8 Å². The molecule has 0 fully saturated rings. The second-order valence-electron chi connectivity index (χ2n) is 4.34. The standard InChI is InChI=1S/C15H10Cl2N2O4/c16-11-3-1-2-8(13(11)17)9-6-18-5-4-12(9)19-7-10(14(20)21)15(22)23/h1-7H,(H,18,19)(H,20,21)(H,22,23). The van der Waals surface area contributed by atoms with Crippen molar-refractivity contribution in [2.75, 3.05) is 5.32 Å². The zero-order valence-corrected chi connectivity index (χ0v) is 13.0. The summed E-state index contributed by atoms with van der Waals surface area (Å²) in [5.41, 5.74) is 0.760. The average Bonchev–Trinajstić information content (AvgIpc) is 2.50. The van der Waals surface area contributed by atoms with Crippen molar-refractivity contribution in [1.29, 1.82) is 0 Å². The molecule has 23 heavy (non-hydrogen) atoms. The minimum atomic E-state index is -1.55. The Morgan fingerprint density at radius 3 is 2.43 bits per heavy atom. The number of benzene rings is 1. The maximum Gasteiger partial charge on any atom is 0.344 e. The number of hydrogen-bond donors (Lipinski definition) is 3. The molecular formula is C15H10Cl2N2O4. The third-order valence-corrected chi connectivity index (χ3v) is 3.71. The molecule has 0 bridgehead atoms. The Bertz CT molecular complexity index is 790. The number of aliphatic carboxylic acids is 2. The third-order valence-electron chi connectivity index (χ3n) is 2.90. The summed E-state index contributed by atoms with van der Waals surface area (Å²) in [6.45, 7) is 0. The van der Waals surface area contributed by atoms with Crippen molar-refractivity contribution in [2.45, 2.75) is 0 Å². The summed E-state index contributed by atoms with van der Waals surface area (Å²) in [4.78, 5) is 25.7. The zero-order chi connectivity index (χ0) is 17.0. The van der Waals surface area contributed by atoms with E-state index in [0.29, 0.717) is 26.9 Å². The van der Waals surface area contributed by atoms with Crippen LogP contribution in [0.3, 0.4) is 0 Å². The topological polar surface area (TPSA) is 99.5 Å². The lowest BCUT2D eigenvalue weighted by Crippen LogP contribution is -2.13. The van der Waals surface area contributed by atoms with E-state index in [4.69, 9.17) is 33.4 Å². The Balaban J connectivity index is 2.46. The number of rotatable bonds is 5. The lowest BCUT2D eigenvalue weighted by atomic mass is 10.1. The van der Waals surface area contributed by atoms with Gasteiger partial charge in [-0.2, -0.15) is 0 Å². The van der Waals surface area contributed by atoms with Gasteiger partial charge in [0.15, 0.2) is 5.57 Å². The van der Waals surface area contributed by atoms with Crippen LogP contribution in [-0.4, -0.2) is 27.1 Å². The SMILES string of the molecule is O=C(O)C(=CNc1ccncc1-c1cccc(Cl)c1Cl)C(=O)O. The fourth-order valence-corrected chi connectivity index (χ4v) is 2.21. The van der Waals surface area contributed by atoms with E-state index in [1.54, 1.807) is 24.3 Å². The fourth-order valence-electron chi connectivity index (χ4n) is 1.81. The molecular weight excluding hydrogens is 343 g/mol. The molecule has 118 valence electrons. The number of nitrogens with one attached hydrogen (secondary N) is 1. The van der Waals surface area contributed by atoms with Gasteiger partial charge in [-0.05, 0) is 12.1 Å². The van der Waals surface area contributed by atoms with E-state index in [1.807, 2.05) is 0 Å². The summed E-state index contributed by atoms with van der Waals surface area (Å²) >= 11 is 12.2. The Kier molecular flexibility index (Phi) is 5.20. The molecule has 0 saturated carbocycles. The van der Waals surface area contributed by atoms with E-state index in [2.05, 4.69) is 10.3 Å². The highest BCUT2D eigenvalue weighted by atomic mass is 35.5. The molecule has 1 aromatic heterocycles. The van der Waals surface area contributed by atoms with Crippen LogP contribution in [0.1, 0.15) is 0 Å². The predicted octanol–water partition coefficient (Wildman–Crippen LogP) is 3.52. The Morgan fingerprint density at radius 1 is 1.09 bits per heavy atom. The van der Waals surface area contributed by atoms with E-state index in [1.165, 1.54) is 12.4 Å². The highest BCUT2D eigenvalue weighted by Crippen LogP contribution is 2.36. The molecule has 8 heteroatoms. The van der Waals surface area contributed by atoms with E-state index in [9.17, 15) is 9.59 Å². The molecule has 0 aliphatic rings. The minimum absolute atomic E-state index is 0.311. The number of carboxylic acid groups (broad SMARTS) is 2. The number of halogens is 2. The monoisotopic (exact) mass is 352 g/mol. The summed E-state index contributed by atoms with van der Waals surface area (Å²) in [5, 5.41) is 21.0. The maximum absolute atomic E-state index is 10.9. The lowest BCUT2D eigenvalue weighted by molar-refractivity contribution is -0.140. The molecule has 6 nitrogen and oxygen atoms in total. The van der Waals surface area contributed by atoms with Gasteiger partial charge >= 0.3 is 11.9 Å². The van der Waals surface area contributed by atoms with Gasteiger partial charge in [-0.3, -0.25) is 4.98 Å². The molecule has 0 atom stereocenters. The lowest BCUT2D eigenvalue weighted by Gasteiger charge is -2.11. The minimum Gasteiger partial charge on any atom is -0.477 e. The molecule has 0 saturated heterocycles. The first-order valence-corrected chi connectivity index (χ1v) is 6.99. The Morgan fingerprint density at radius 2 is 1.78 bits per heavy atom. The Labute approximate surface area is 141 Å². The van der Waals surface area contributed by atoms with Gasteiger partial charge in [-0.15, -0.1) is 0 Å². The molecule has 0 spiro atoms. The van der Waals surface area contributed by atoms with E-state index < -0.39 is 17.5 Å². The first-order valence-electron chi connectivity index (χ1n) is 6.23. The highest BCUT2D eigenvalue weighted by Gasteiger charge is 2.16. The van der Waals surface area contributed by atoms with Crippen LogP contribution in [0.2, 0.25) is 10.0 Å². The van der Waals surface area contributed by atoms with Gasteiger partial charge < -0.3 is 15.5 Å². The number of aromatic nitrogens is 1. The molecule has 0 radical (unpaired) electrons. The molecule has 2 rings (SSSR count). The molecule has 3 N–H and O–H groups in total. The van der Waals surface area contributed by atoms with Gasteiger partial charge in [0, 0.05) is 35.4 Å². The first kappa shape index (κ1) is 16.8. The summed E-state index contributed by atoms with van der Waals surface area (Å²) in [6.07, 6.45) is 3.87. The van der Waals surface area contributed by atoms with Gasteiger partial charge in [0.25, 0.3) is 0 Å². The van der Waals surface area contributed by atoms with Crippen molar-refractivity contribution in [1.82, 2.24) is 4.98 Å². The first-order chi connectivity index (χ1) is 10.9. The zero-order valence-electron chi connectivity index (χ0n) is 11.5.